The Morgan fingerprint density at radius 3 is 2.50 bits per heavy atom. The Bertz CT molecular complexity index is 951. The van der Waals surface area contributed by atoms with Crippen LogP contribution in [-0.4, -0.2) is 42.3 Å². The summed E-state index contributed by atoms with van der Waals surface area (Å²) in [6, 6.07) is 6.51. The molecule has 0 fully saturated rings. The van der Waals surface area contributed by atoms with Gasteiger partial charge in [0.1, 0.15) is 0 Å². The molecular formula is C16H18N4O4S2. The van der Waals surface area contributed by atoms with Gasteiger partial charge in [0.05, 0.1) is 11.9 Å². The smallest absolute Gasteiger partial charge is 0.257 e. The molecule has 8 nitrogen and oxygen atoms in total. The maximum Gasteiger partial charge on any atom is 0.257 e. The number of aromatic nitrogens is 1. The molecule has 0 saturated carbocycles. The van der Waals surface area contributed by atoms with Crippen LogP contribution in [0, 0.1) is 0 Å². The van der Waals surface area contributed by atoms with Crippen molar-refractivity contribution in [3.8, 4) is 0 Å². The number of hydrogen-bond acceptors (Lipinski definition) is 6. The van der Waals surface area contributed by atoms with Gasteiger partial charge in [0.15, 0.2) is 5.13 Å². The van der Waals surface area contributed by atoms with Crippen LogP contribution in [0.25, 0.3) is 0 Å². The van der Waals surface area contributed by atoms with Gasteiger partial charge in [0.2, 0.25) is 15.9 Å². The second-order valence-corrected chi connectivity index (χ2v) is 9.01. The molecule has 0 spiro atoms. The number of carbonyl (C=O) groups is 2. The average Bonchev–Trinajstić information content (AvgIpc) is 2.95. The minimum atomic E-state index is -3.24. The highest BCUT2D eigenvalue weighted by molar-refractivity contribution is 7.88. The van der Waals surface area contributed by atoms with Crippen molar-refractivity contribution in [2.75, 3.05) is 23.4 Å². The van der Waals surface area contributed by atoms with Crippen LogP contribution in [0.4, 0.5) is 10.8 Å². The summed E-state index contributed by atoms with van der Waals surface area (Å²) in [5, 5.41) is 5.82. The van der Waals surface area contributed by atoms with E-state index in [1.165, 1.54) is 28.8 Å². The van der Waals surface area contributed by atoms with Crippen LogP contribution in [0.3, 0.4) is 0 Å². The van der Waals surface area contributed by atoms with Gasteiger partial charge in [0.25, 0.3) is 5.91 Å². The van der Waals surface area contributed by atoms with E-state index in [0.29, 0.717) is 29.3 Å². The highest BCUT2D eigenvalue weighted by Crippen LogP contribution is 2.29. The number of rotatable bonds is 4. The Hall–Kier alpha value is -2.30. The second kappa shape index (κ2) is 7.14. The Balaban J connectivity index is 1.69. The molecule has 1 aliphatic rings. The number of amides is 2. The van der Waals surface area contributed by atoms with E-state index in [2.05, 4.69) is 15.6 Å². The molecular weight excluding hydrogens is 376 g/mol. The van der Waals surface area contributed by atoms with Crippen LogP contribution in [0.1, 0.15) is 27.9 Å². The fourth-order valence-electron chi connectivity index (χ4n) is 2.59. The highest BCUT2D eigenvalue weighted by atomic mass is 32.2. The van der Waals surface area contributed by atoms with Crippen molar-refractivity contribution in [2.45, 2.75) is 19.9 Å². The maximum absolute atomic E-state index is 12.3. The van der Waals surface area contributed by atoms with Crippen LogP contribution in [0.2, 0.25) is 0 Å². The monoisotopic (exact) mass is 394 g/mol. The van der Waals surface area contributed by atoms with E-state index < -0.39 is 10.0 Å². The number of nitrogens with zero attached hydrogens (tertiary/aromatic N) is 2. The molecule has 2 heterocycles. The third-order valence-electron chi connectivity index (χ3n) is 3.85. The molecule has 2 aromatic rings. The number of anilines is 2. The predicted octanol–water partition coefficient (Wildman–Crippen LogP) is 1.67. The van der Waals surface area contributed by atoms with E-state index >= 15 is 0 Å². The summed E-state index contributed by atoms with van der Waals surface area (Å²) >= 11 is 1.28. The van der Waals surface area contributed by atoms with Gasteiger partial charge < -0.3 is 5.32 Å². The first-order chi connectivity index (χ1) is 12.2. The number of nitrogens with one attached hydrogen (secondary N) is 2. The standard InChI is InChI=1S/C16H18N4O4S2/c1-10(21)17-12-5-3-11(4-6-12)15(22)19-16-18-13-7-8-20(26(2,23)24)9-14(13)25-16/h3-6H,7-9H2,1-2H3,(H,17,21)(H,18,19,22). The van der Waals surface area contributed by atoms with Crippen molar-refractivity contribution in [2.24, 2.45) is 0 Å². The number of carbonyl (C=O) groups excluding carboxylic acids is 2. The first-order valence-electron chi connectivity index (χ1n) is 7.85. The second-order valence-electron chi connectivity index (χ2n) is 5.95. The van der Waals surface area contributed by atoms with Crippen molar-refractivity contribution < 1.29 is 18.0 Å². The summed E-state index contributed by atoms with van der Waals surface area (Å²) in [6.45, 7) is 2.09. The number of benzene rings is 1. The first kappa shape index (κ1) is 18.5. The molecule has 1 aromatic heterocycles. The highest BCUT2D eigenvalue weighted by Gasteiger charge is 2.26. The molecule has 26 heavy (non-hydrogen) atoms. The molecule has 2 N–H and O–H groups in total. The topological polar surface area (TPSA) is 108 Å². The zero-order valence-corrected chi connectivity index (χ0v) is 15.9. The molecule has 0 bridgehead atoms. The minimum Gasteiger partial charge on any atom is -0.326 e. The SMILES string of the molecule is CC(=O)Nc1ccc(C(=O)Nc2nc3c(s2)CN(S(C)(=O)=O)CC3)cc1. The van der Waals surface area contributed by atoms with Gasteiger partial charge in [-0.15, -0.1) is 11.3 Å². The van der Waals surface area contributed by atoms with Crippen molar-refractivity contribution >= 4 is 44.0 Å². The van der Waals surface area contributed by atoms with Gasteiger partial charge in [-0.1, -0.05) is 0 Å². The van der Waals surface area contributed by atoms with Crippen molar-refractivity contribution in [3.63, 3.8) is 0 Å². The van der Waals surface area contributed by atoms with Gasteiger partial charge in [-0.05, 0) is 24.3 Å². The fraction of sp³-hybridized carbons (Fsp3) is 0.312. The van der Waals surface area contributed by atoms with Crippen LogP contribution < -0.4 is 10.6 Å². The number of thiazole rings is 1. The van der Waals surface area contributed by atoms with Gasteiger partial charge in [-0.25, -0.2) is 13.4 Å². The van der Waals surface area contributed by atoms with Crippen LogP contribution in [-0.2, 0) is 27.8 Å². The lowest BCUT2D eigenvalue weighted by molar-refractivity contribution is -0.114. The Labute approximate surface area is 155 Å². The summed E-state index contributed by atoms with van der Waals surface area (Å²) in [5.74, 6) is -0.496. The molecule has 0 saturated heterocycles. The minimum absolute atomic E-state index is 0.182. The molecule has 0 atom stereocenters. The Kier molecular flexibility index (Phi) is 5.08. The lowest BCUT2D eigenvalue weighted by Crippen LogP contribution is -2.34. The quantitative estimate of drug-likeness (QED) is 0.820. The normalized spacial score (nSPS) is 14.5. The van der Waals surface area contributed by atoms with Crippen molar-refractivity contribution in [3.05, 3.63) is 40.4 Å². The molecule has 0 aliphatic carbocycles. The third kappa shape index (κ3) is 4.26. The third-order valence-corrected chi connectivity index (χ3v) is 6.10. The van der Waals surface area contributed by atoms with Crippen LogP contribution in [0.15, 0.2) is 24.3 Å². The van der Waals surface area contributed by atoms with E-state index in [9.17, 15) is 18.0 Å². The van der Waals surface area contributed by atoms with Crippen molar-refractivity contribution in [1.82, 2.24) is 9.29 Å². The molecule has 2 amide bonds. The molecule has 1 aromatic carbocycles. The fourth-order valence-corrected chi connectivity index (χ4v) is 4.47. The van der Waals surface area contributed by atoms with Crippen LogP contribution in [0.5, 0.6) is 0 Å². The van der Waals surface area contributed by atoms with Crippen molar-refractivity contribution in [1.29, 1.82) is 0 Å². The van der Waals surface area contributed by atoms with E-state index in [0.717, 1.165) is 10.6 Å². The van der Waals surface area contributed by atoms with Crippen LogP contribution >= 0.6 is 11.3 Å². The molecule has 3 rings (SSSR count). The summed E-state index contributed by atoms with van der Waals surface area (Å²) in [7, 11) is -3.24. The van der Waals surface area contributed by atoms with Gasteiger partial charge in [-0.3, -0.25) is 14.9 Å². The maximum atomic E-state index is 12.3. The zero-order valence-electron chi connectivity index (χ0n) is 14.3. The van der Waals surface area contributed by atoms with E-state index in [1.54, 1.807) is 24.3 Å². The Morgan fingerprint density at radius 1 is 1.19 bits per heavy atom. The zero-order chi connectivity index (χ0) is 18.9. The van der Waals surface area contributed by atoms with Gasteiger partial charge in [-0.2, -0.15) is 4.31 Å². The predicted molar refractivity (Wildman–Crippen MR) is 99.8 cm³/mol. The first-order valence-corrected chi connectivity index (χ1v) is 10.5. The average molecular weight is 394 g/mol. The summed E-state index contributed by atoms with van der Waals surface area (Å²) < 4.78 is 24.8. The molecule has 138 valence electrons. The van der Waals surface area contributed by atoms with Gasteiger partial charge in [0, 0.05) is 42.6 Å². The molecule has 1 aliphatic heterocycles. The number of hydrogen-bond donors (Lipinski definition) is 2. The summed E-state index contributed by atoms with van der Waals surface area (Å²) in [4.78, 5) is 28.6. The molecule has 10 heteroatoms. The summed E-state index contributed by atoms with van der Waals surface area (Å²) in [6.07, 6.45) is 1.71. The van der Waals surface area contributed by atoms with E-state index in [4.69, 9.17) is 0 Å². The largest absolute Gasteiger partial charge is 0.326 e. The lowest BCUT2D eigenvalue weighted by atomic mass is 10.2. The Morgan fingerprint density at radius 2 is 1.88 bits per heavy atom. The molecule has 0 radical (unpaired) electrons. The molecule has 0 unspecified atom stereocenters. The lowest BCUT2D eigenvalue weighted by Gasteiger charge is -2.23. The summed E-state index contributed by atoms with van der Waals surface area (Å²) in [5.41, 5.74) is 1.87. The number of fused-ring (bicyclic) bond motifs is 1. The van der Waals surface area contributed by atoms with E-state index in [1.807, 2.05) is 0 Å². The van der Waals surface area contributed by atoms with Gasteiger partial charge >= 0.3 is 0 Å². The number of sulfonamides is 1. The van der Waals surface area contributed by atoms with E-state index in [-0.39, 0.29) is 18.4 Å².